The van der Waals surface area contributed by atoms with Crippen molar-refractivity contribution >= 4 is 25.0 Å². The summed E-state index contributed by atoms with van der Waals surface area (Å²) in [5, 5.41) is 11.3. The molecule has 0 bridgehead atoms. The fraction of sp³-hybridized carbons (Fsp3) is 0.417. The molecule has 0 aliphatic carbocycles. The number of hydrogen-bond donors (Lipinski definition) is 0. The van der Waals surface area contributed by atoms with Gasteiger partial charge in [0.05, 0.1) is 18.8 Å². The molecule has 1 saturated heterocycles. The van der Waals surface area contributed by atoms with E-state index in [1.807, 2.05) is 12.1 Å². The summed E-state index contributed by atoms with van der Waals surface area (Å²) in [5.41, 5.74) is 0. The van der Waals surface area contributed by atoms with Gasteiger partial charge in [-0.3, -0.25) is 0 Å². The van der Waals surface area contributed by atoms with Crippen LogP contribution < -0.4 is 10.4 Å². The molecule has 3 rings (SSSR count). The molecule has 0 saturated carbocycles. The summed E-state index contributed by atoms with van der Waals surface area (Å²) in [7, 11) is -2.72. The first kappa shape index (κ1) is 21.4. The predicted octanol–water partition coefficient (Wildman–Crippen LogP) is 3.45. The second kappa shape index (κ2) is 9.04. The van der Waals surface area contributed by atoms with Gasteiger partial charge in [-0.05, 0) is 21.8 Å². The maximum absolute atomic E-state index is 11.6. The van der Waals surface area contributed by atoms with Crippen molar-refractivity contribution in [2.75, 3.05) is 6.61 Å². The summed E-state index contributed by atoms with van der Waals surface area (Å²) >= 11 is 0. The quantitative estimate of drug-likeness (QED) is 0.521. The number of carbonyl (C=O) groups is 1. The number of rotatable bonds is 7. The van der Waals surface area contributed by atoms with Crippen LogP contribution in [0.25, 0.3) is 0 Å². The highest BCUT2D eigenvalue weighted by Gasteiger charge is 2.53. The number of carbonyl (C=O) groups excluding carboxylic acids is 1. The molecule has 4 nitrogen and oxygen atoms in total. The lowest BCUT2D eigenvalue weighted by atomic mass is 9.95. The first-order chi connectivity index (χ1) is 13.9. The minimum atomic E-state index is -2.72. The molecule has 1 aliphatic rings. The number of aldehydes is 1. The van der Waals surface area contributed by atoms with Gasteiger partial charge in [-0.2, -0.15) is 5.26 Å². The lowest BCUT2D eigenvalue weighted by Gasteiger charge is -2.45. The Morgan fingerprint density at radius 2 is 1.66 bits per heavy atom. The van der Waals surface area contributed by atoms with E-state index >= 15 is 0 Å². The minimum Gasteiger partial charge on any atom is -0.402 e. The summed E-state index contributed by atoms with van der Waals surface area (Å²) in [6.07, 6.45) is 1.12. The smallest absolute Gasteiger partial charge is 0.261 e. The Kier molecular flexibility index (Phi) is 6.69. The van der Waals surface area contributed by atoms with Crippen LogP contribution in [-0.2, 0) is 14.0 Å². The largest absolute Gasteiger partial charge is 0.402 e. The van der Waals surface area contributed by atoms with E-state index in [-0.39, 0.29) is 17.1 Å². The van der Waals surface area contributed by atoms with Gasteiger partial charge >= 0.3 is 0 Å². The van der Waals surface area contributed by atoms with Crippen LogP contribution in [0.3, 0.4) is 0 Å². The molecule has 1 heterocycles. The Hall–Kier alpha value is -2.26. The third-order valence-corrected chi connectivity index (χ3v) is 10.9. The molecule has 0 spiro atoms. The van der Waals surface area contributed by atoms with Crippen LogP contribution in [-0.4, -0.2) is 33.4 Å². The second-order valence-corrected chi connectivity index (χ2v) is 12.9. The van der Waals surface area contributed by atoms with Crippen LogP contribution in [0.15, 0.2) is 60.7 Å². The number of nitriles is 1. The van der Waals surface area contributed by atoms with Gasteiger partial charge < -0.3 is 14.0 Å². The molecule has 0 aromatic heterocycles. The van der Waals surface area contributed by atoms with Crippen LogP contribution in [0.2, 0.25) is 5.04 Å². The Balaban J connectivity index is 2.11. The molecule has 1 unspecified atom stereocenters. The molecular formula is C24H29NO3Si. The maximum Gasteiger partial charge on any atom is 0.261 e. The average Bonchev–Trinajstić information content (AvgIpc) is 3.12. The van der Waals surface area contributed by atoms with Crippen LogP contribution in [0.4, 0.5) is 0 Å². The molecule has 29 heavy (non-hydrogen) atoms. The second-order valence-electron chi connectivity index (χ2n) is 8.61. The highest BCUT2D eigenvalue weighted by atomic mass is 28.4. The fourth-order valence-corrected chi connectivity index (χ4v) is 9.14. The van der Waals surface area contributed by atoms with E-state index in [1.165, 1.54) is 10.4 Å². The predicted molar refractivity (Wildman–Crippen MR) is 117 cm³/mol. The first-order valence-corrected chi connectivity index (χ1v) is 12.1. The van der Waals surface area contributed by atoms with Crippen molar-refractivity contribution in [1.82, 2.24) is 0 Å². The Morgan fingerprint density at radius 3 is 2.10 bits per heavy atom. The van der Waals surface area contributed by atoms with Gasteiger partial charge in [0.15, 0.2) is 0 Å². The molecule has 5 heteroatoms. The zero-order valence-corrected chi connectivity index (χ0v) is 18.4. The minimum absolute atomic E-state index is 0.103. The number of benzene rings is 2. The van der Waals surface area contributed by atoms with Gasteiger partial charge in [-0.15, -0.1) is 0 Å². The Labute approximate surface area is 174 Å². The van der Waals surface area contributed by atoms with Crippen molar-refractivity contribution in [2.24, 2.45) is 5.92 Å². The van der Waals surface area contributed by atoms with Crippen molar-refractivity contribution in [3.8, 4) is 6.07 Å². The van der Waals surface area contributed by atoms with Crippen molar-refractivity contribution in [2.45, 2.75) is 50.9 Å². The van der Waals surface area contributed by atoms with Gasteiger partial charge in [0, 0.05) is 12.3 Å². The number of nitrogens with zero attached hydrogens (tertiary/aromatic N) is 1. The summed E-state index contributed by atoms with van der Waals surface area (Å²) in [4.78, 5) is 11.6. The van der Waals surface area contributed by atoms with Crippen molar-refractivity contribution in [1.29, 1.82) is 5.26 Å². The third-order valence-electron chi connectivity index (χ3n) is 5.82. The van der Waals surface area contributed by atoms with Crippen molar-refractivity contribution < 1.29 is 14.0 Å². The molecular weight excluding hydrogens is 378 g/mol. The SMILES string of the molecule is CC(C)(C)[Si](O[C@H]1COC(C=O)[C@H]1CCC#N)(c1ccccc1)c1ccccc1. The Bertz CT molecular complexity index is 802. The molecule has 3 atom stereocenters. The summed E-state index contributed by atoms with van der Waals surface area (Å²) in [5.74, 6) is -0.103. The molecule has 0 radical (unpaired) electrons. The van der Waals surface area contributed by atoms with E-state index in [0.29, 0.717) is 19.4 Å². The molecule has 2 aromatic carbocycles. The van der Waals surface area contributed by atoms with E-state index in [2.05, 4.69) is 75.4 Å². The van der Waals surface area contributed by atoms with E-state index in [9.17, 15) is 4.79 Å². The van der Waals surface area contributed by atoms with Gasteiger partial charge in [-0.25, -0.2) is 0 Å². The lowest BCUT2D eigenvalue weighted by molar-refractivity contribution is -0.117. The Morgan fingerprint density at radius 1 is 1.10 bits per heavy atom. The van der Waals surface area contributed by atoms with Gasteiger partial charge in [0.25, 0.3) is 8.32 Å². The summed E-state index contributed by atoms with van der Waals surface area (Å²) in [6, 6.07) is 23.1. The van der Waals surface area contributed by atoms with E-state index in [4.69, 9.17) is 14.4 Å². The zero-order chi connectivity index (χ0) is 20.9. The molecule has 1 fully saturated rings. The van der Waals surface area contributed by atoms with Gasteiger partial charge in [0.2, 0.25) is 0 Å². The summed E-state index contributed by atoms with van der Waals surface area (Å²) < 4.78 is 12.9. The number of ether oxygens (including phenoxy) is 1. The number of hydrogen-bond acceptors (Lipinski definition) is 4. The zero-order valence-electron chi connectivity index (χ0n) is 17.4. The van der Waals surface area contributed by atoms with E-state index in [0.717, 1.165) is 6.29 Å². The average molecular weight is 408 g/mol. The van der Waals surface area contributed by atoms with E-state index in [1.54, 1.807) is 0 Å². The highest BCUT2D eigenvalue weighted by molar-refractivity contribution is 6.99. The first-order valence-electron chi connectivity index (χ1n) is 10.2. The van der Waals surface area contributed by atoms with Crippen LogP contribution in [0.1, 0.15) is 33.6 Å². The van der Waals surface area contributed by atoms with Crippen LogP contribution >= 0.6 is 0 Å². The molecule has 1 aliphatic heterocycles. The summed E-state index contributed by atoms with van der Waals surface area (Å²) in [6.45, 7) is 7.08. The van der Waals surface area contributed by atoms with Crippen LogP contribution in [0, 0.1) is 17.2 Å². The standard InChI is InChI=1S/C24H29NO3Si/c1-24(2,3)29(19-11-6-4-7-12-19,20-13-8-5-9-14-20)28-23-18-27-22(17-26)21(23)15-10-16-25/h4-9,11-14,17,21-23H,10,15,18H2,1-3H3/t21-,22?,23+/m1/s1. The molecule has 2 aromatic rings. The van der Waals surface area contributed by atoms with Crippen molar-refractivity contribution in [3.63, 3.8) is 0 Å². The molecule has 152 valence electrons. The monoisotopic (exact) mass is 407 g/mol. The van der Waals surface area contributed by atoms with E-state index < -0.39 is 14.4 Å². The topological polar surface area (TPSA) is 59.3 Å². The lowest BCUT2D eigenvalue weighted by Crippen LogP contribution is -2.68. The highest BCUT2D eigenvalue weighted by Crippen LogP contribution is 2.40. The molecule has 0 amide bonds. The normalized spacial score (nSPS) is 22.2. The van der Waals surface area contributed by atoms with Crippen LogP contribution in [0.5, 0.6) is 0 Å². The maximum atomic E-state index is 11.6. The van der Waals surface area contributed by atoms with Gasteiger partial charge in [-0.1, -0.05) is 81.4 Å². The fourth-order valence-electron chi connectivity index (χ4n) is 4.43. The molecule has 0 N–H and O–H groups in total. The van der Waals surface area contributed by atoms with Gasteiger partial charge in [0.1, 0.15) is 12.4 Å². The van der Waals surface area contributed by atoms with Crippen molar-refractivity contribution in [3.05, 3.63) is 60.7 Å². The third kappa shape index (κ3) is 4.20.